The summed E-state index contributed by atoms with van der Waals surface area (Å²) in [6, 6.07) is 11.3. The number of halogens is 1. The lowest BCUT2D eigenvalue weighted by molar-refractivity contribution is -0.122. The molecule has 0 radical (unpaired) electrons. The van der Waals surface area contributed by atoms with Gasteiger partial charge >= 0.3 is 0 Å². The second-order valence-electron chi connectivity index (χ2n) is 4.27. The number of anilines is 1. The number of pyridine rings is 1. The minimum Gasteiger partial charge on any atom is -0.480 e. The minimum atomic E-state index is -0.483. The average molecular weight is 319 g/mol. The summed E-state index contributed by atoms with van der Waals surface area (Å²) in [4.78, 5) is 16.2. The fourth-order valence-corrected chi connectivity index (χ4v) is 2.22. The van der Waals surface area contributed by atoms with Gasteiger partial charge in [0, 0.05) is 17.1 Å². The Bertz CT molecular complexity index is 588. The van der Waals surface area contributed by atoms with Gasteiger partial charge in [-0.25, -0.2) is 4.98 Å². The summed E-state index contributed by atoms with van der Waals surface area (Å²) in [6.07, 6.45) is 1.75. The Morgan fingerprint density at radius 2 is 2.16 bits per heavy atom. The molecule has 4 nitrogen and oxygen atoms in total. The van der Waals surface area contributed by atoms with Gasteiger partial charge in [0.1, 0.15) is 11.6 Å². The molecule has 96 valence electrons. The van der Waals surface area contributed by atoms with Crippen molar-refractivity contribution in [1.82, 2.24) is 4.98 Å². The Balaban J connectivity index is 1.68. The minimum absolute atomic E-state index is 0.175. The van der Waals surface area contributed by atoms with E-state index in [1.807, 2.05) is 30.3 Å². The Morgan fingerprint density at radius 3 is 2.89 bits per heavy atom. The van der Waals surface area contributed by atoms with Gasteiger partial charge in [-0.1, -0.05) is 18.2 Å². The van der Waals surface area contributed by atoms with Crippen molar-refractivity contribution in [1.29, 1.82) is 0 Å². The van der Waals surface area contributed by atoms with Gasteiger partial charge in [-0.2, -0.15) is 0 Å². The first-order valence-electron chi connectivity index (χ1n) is 5.89. The van der Waals surface area contributed by atoms with Gasteiger partial charge in [-0.15, -0.1) is 0 Å². The van der Waals surface area contributed by atoms with E-state index in [0.717, 1.165) is 15.8 Å². The van der Waals surface area contributed by atoms with Crippen LogP contribution in [-0.2, 0) is 11.2 Å². The molecule has 1 aromatic carbocycles. The largest absolute Gasteiger partial charge is 0.480 e. The highest BCUT2D eigenvalue weighted by atomic mass is 79.9. The zero-order valence-electron chi connectivity index (χ0n) is 9.97. The third kappa shape index (κ3) is 2.61. The Labute approximate surface area is 118 Å². The summed E-state index contributed by atoms with van der Waals surface area (Å²) >= 11 is 3.30. The predicted molar refractivity (Wildman–Crippen MR) is 75.1 cm³/mol. The number of carbonyl (C=O) groups excluding carboxylic acids is 1. The molecule has 1 amide bonds. The van der Waals surface area contributed by atoms with Crippen LogP contribution in [0.5, 0.6) is 5.75 Å². The number of ether oxygens (including phenoxy) is 1. The predicted octanol–water partition coefficient (Wildman–Crippen LogP) is 2.79. The van der Waals surface area contributed by atoms with Crippen molar-refractivity contribution in [2.24, 2.45) is 0 Å². The molecular formula is C14H11BrN2O2. The van der Waals surface area contributed by atoms with E-state index in [2.05, 4.69) is 26.2 Å². The summed E-state index contributed by atoms with van der Waals surface area (Å²) in [7, 11) is 0. The van der Waals surface area contributed by atoms with E-state index < -0.39 is 6.10 Å². The maximum absolute atomic E-state index is 12.1. The monoisotopic (exact) mass is 318 g/mol. The topological polar surface area (TPSA) is 51.2 Å². The van der Waals surface area contributed by atoms with E-state index in [4.69, 9.17) is 4.74 Å². The maximum Gasteiger partial charge on any atom is 0.266 e. The van der Waals surface area contributed by atoms with Crippen molar-refractivity contribution in [3.05, 3.63) is 52.6 Å². The van der Waals surface area contributed by atoms with Crippen LogP contribution in [0, 0.1) is 0 Å². The zero-order chi connectivity index (χ0) is 13.2. The summed E-state index contributed by atoms with van der Waals surface area (Å²) < 4.78 is 6.49. The van der Waals surface area contributed by atoms with Crippen LogP contribution in [-0.4, -0.2) is 17.0 Å². The van der Waals surface area contributed by atoms with Crippen molar-refractivity contribution in [3.63, 3.8) is 0 Å². The van der Waals surface area contributed by atoms with Crippen molar-refractivity contribution in [2.75, 3.05) is 5.32 Å². The molecule has 2 aromatic rings. The van der Waals surface area contributed by atoms with Crippen LogP contribution in [0.1, 0.15) is 5.56 Å². The highest BCUT2D eigenvalue weighted by Gasteiger charge is 2.28. The van der Waals surface area contributed by atoms with Gasteiger partial charge in [0.05, 0.1) is 0 Å². The van der Waals surface area contributed by atoms with Crippen molar-refractivity contribution in [3.8, 4) is 5.75 Å². The second-order valence-corrected chi connectivity index (χ2v) is 5.18. The number of hydrogen-bond acceptors (Lipinski definition) is 3. The smallest absolute Gasteiger partial charge is 0.266 e. The SMILES string of the molecule is O=C(Nc1ccc(Br)cn1)[C@H]1Cc2ccccc2O1. The van der Waals surface area contributed by atoms with Crippen molar-refractivity contribution < 1.29 is 9.53 Å². The molecule has 1 atom stereocenters. The van der Waals surface area contributed by atoms with Crippen LogP contribution in [0.3, 0.4) is 0 Å². The number of nitrogens with zero attached hydrogens (tertiary/aromatic N) is 1. The lowest BCUT2D eigenvalue weighted by atomic mass is 10.1. The normalized spacial score (nSPS) is 16.6. The highest BCUT2D eigenvalue weighted by molar-refractivity contribution is 9.10. The molecule has 3 rings (SSSR count). The Morgan fingerprint density at radius 1 is 1.32 bits per heavy atom. The van der Waals surface area contributed by atoms with Gasteiger partial charge in [0.25, 0.3) is 5.91 Å². The first-order valence-corrected chi connectivity index (χ1v) is 6.68. The van der Waals surface area contributed by atoms with Gasteiger partial charge in [-0.05, 0) is 39.7 Å². The molecule has 0 spiro atoms. The molecule has 0 saturated heterocycles. The van der Waals surface area contributed by atoms with Crippen LogP contribution in [0.15, 0.2) is 47.1 Å². The number of carbonyl (C=O) groups is 1. The molecule has 0 fully saturated rings. The zero-order valence-corrected chi connectivity index (χ0v) is 11.6. The molecule has 0 aliphatic carbocycles. The summed E-state index contributed by atoms with van der Waals surface area (Å²) in [5, 5.41) is 2.75. The third-order valence-corrected chi connectivity index (χ3v) is 3.39. The number of rotatable bonds is 2. The lowest BCUT2D eigenvalue weighted by Gasteiger charge is -2.10. The lowest BCUT2D eigenvalue weighted by Crippen LogP contribution is -2.31. The molecule has 1 aliphatic rings. The average Bonchev–Trinajstić information content (AvgIpc) is 2.85. The number of para-hydroxylation sites is 1. The molecule has 0 unspecified atom stereocenters. The van der Waals surface area contributed by atoms with E-state index in [9.17, 15) is 4.79 Å². The summed E-state index contributed by atoms with van der Waals surface area (Å²) in [5.41, 5.74) is 1.06. The number of aromatic nitrogens is 1. The second kappa shape index (κ2) is 5.01. The van der Waals surface area contributed by atoms with Crippen LogP contribution >= 0.6 is 15.9 Å². The van der Waals surface area contributed by atoms with Crippen LogP contribution in [0.25, 0.3) is 0 Å². The molecule has 0 saturated carbocycles. The highest BCUT2D eigenvalue weighted by Crippen LogP contribution is 2.28. The van der Waals surface area contributed by atoms with Crippen LogP contribution in [0.2, 0.25) is 0 Å². The van der Waals surface area contributed by atoms with Crippen LogP contribution < -0.4 is 10.1 Å². The number of benzene rings is 1. The summed E-state index contributed by atoms with van der Waals surface area (Å²) in [6.45, 7) is 0. The fourth-order valence-electron chi connectivity index (χ4n) is 1.98. The maximum atomic E-state index is 12.1. The van der Waals surface area contributed by atoms with E-state index in [0.29, 0.717) is 12.2 Å². The van der Waals surface area contributed by atoms with Crippen molar-refractivity contribution >= 4 is 27.7 Å². The summed E-state index contributed by atoms with van der Waals surface area (Å²) in [5.74, 6) is 1.13. The van der Waals surface area contributed by atoms with E-state index >= 15 is 0 Å². The third-order valence-electron chi connectivity index (χ3n) is 2.92. The molecule has 1 aromatic heterocycles. The molecule has 19 heavy (non-hydrogen) atoms. The van der Waals surface area contributed by atoms with E-state index in [-0.39, 0.29) is 5.91 Å². The number of hydrogen-bond donors (Lipinski definition) is 1. The molecule has 2 heterocycles. The van der Waals surface area contributed by atoms with Gasteiger partial charge < -0.3 is 10.1 Å². The number of nitrogens with one attached hydrogen (secondary N) is 1. The molecule has 0 bridgehead atoms. The van der Waals surface area contributed by atoms with Gasteiger partial charge in [-0.3, -0.25) is 4.79 Å². The van der Waals surface area contributed by atoms with E-state index in [1.165, 1.54) is 0 Å². The van der Waals surface area contributed by atoms with Crippen LogP contribution in [0.4, 0.5) is 5.82 Å². The molecule has 1 aliphatic heterocycles. The standard InChI is InChI=1S/C14H11BrN2O2/c15-10-5-6-13(16-8-10)17-14(18)12-7-9-3-1-2-4-11(9)19-12/h1-6,8,12H,7H2,(H,16,17,18)/t12-/m1/s1. The van der Waals surface area contributed by atoms with E-state index in [1.54, 1.807) is 12.3 Å². The van der Waals surface area contributed by atoms with Gasteiger partial charge in [0.2, 0.25) is 0 Å². The number of amides is 1. The first-order chi connectivity index (χ1) is 9.22. The molecule has 5 heteroatoms. The van der Waals surface area contributed by atoms with Gasteiger partial charge in [0.15, 0.2) is 6.10 Å². The number of fused-ring (bicyclic) bond motifs is 1. The Hall–Kier alpha value is -1.88. The molecular weight excluding hydrogens is 308 g/mol. The fraction of sp³-hybridized carbons (Fsp3) is 0.143. The Kier molecular flexibility index (Phi) is 3.21. The first kappa shape index (κ1) is 12.2. The van der Waals surface area contributed by atoms with Crippen molar-refractivity contribution in [2.45, 2.75) is 12.5 Å². The quantitative estimate of drug-likeness (QED) is 0.926. The molecule has 1 N–H and O–H groups in total.